The van der Waals surface area contributed by atoms with E-state index in [9.17, 15) is 14.5 Å². The fourth-order valence-corrected chi connectivity index (χ4v) is 2.22. The summed E-state index contributed by atoms with van der Waals surface area (Å²) >= 11 is 0. The summed E-state index contributed by atoms with van der Waals surface area (Å²) in [6, 6.07) is 12.2. The van der Waals surface area contributed by atoms with Crippen LogP contribution in [0.3, 0.4) is 0 Å². The molecular weight excluding hydrogens is 341 g/mol. The molecule has 0 saturated heterocycles. The molecule has 0 spiro atoms. The van der Waals surface area contributed by atoms with Gasteiger partial charge in [-0.05, 0) is 48.5 Å². The smallest absolute Gasteiger partial charge is 0.353 e. The number of hydrogen-bond donors (Lipinski definition) is 2. The van der Waals surface area contributed by atoms with Gasteiger partial charge in [-0.3, -0.25) is 10.1 Å². The largest absolute Gasteiger partial charge is 0.497 e. The lowest BCUT2D eigenvalue weighted by Gasteiger charge is -2.10. The zero-order valence-corrected chi connectivity index (χ0v) is 13.6. The van der Waals surface area contributed by atoms with Crippen LogP contribution in [-0.2, 0) is 0 Å². The highest BCUT2D eigenvalue weighted by Crippen LogP contribution is 2.33. The maximum atomic E-state index is 13.0. The van der Waals surface area contributed by atoms with Crippen molar-refractivity contribution in [2.45, 2.75) is 0 Å². The van der Waals surface area contributed by atoms with E-state index in [1.54, 1.807) is 31.4 Å². The molecule has 0 unspecified atom stereocenters. The number of nitrogens with one attached hydrogen (secondary N) is 2. The molecule has 8 nitrogen and oxygen atoms in total. The molecule has 2 aromatic carbocycles. The van der Waals surface area contributed by atoms with Crippen LogP contribution in [0.1, 0.15) is 0 Å². The van der Waals surface area contributed by atoms with Crippen LogP contribution in [0.4, 0.5) is 33.1 Å². The standard InChI is InChI=1S/C17H14FN5O3/c1-26-14-8-6-13(7-9-14)22-17-15(23(24)25)16(19-10-20-17)21-12-4-2-11(18)3-5-12/h2-10H,1H3,(H2,19,20,21,22). The molecular formula is C17H14FN5O3. The number of benzene rings is 2. The van der Waals surface area contributed by atoms with Crippen LogP contribution >= 0.6 is 0 Å². The third-order valence-corrected chi connectivity index (χ3v) is 3.46. The molecule has 0 saturated carbocycles. The molecule has 9 heteroatoms. The summed E-state index contributed by atoms with van der Waals surface area (Å²) in [4.78, 5) is 18.8. The van der Waals surface area contributed by atoms with E-state index >= 15 is 0 Å². The Bertz CT molecular complexity index is 917. The number of hydrogen-bond acceptors (Lipinski definition) is 7. The predicted molar refractivity (Wildman–Crippen MR) is 94.6 cm³/mol. The van der Waals surface area contributed by atoms with Gasteiger partial charge < -0.3 is 15.4 Å². The van der Waals surface area contributed by atoms with Crippen LogP contribution in [-0.4, -0.2) is 22.0 Å². The van der Waals surface area contributed by atoms with Crippen molar-refractivity contribution in [2.75, 3.05) is 17.7 Å². The van der Waals surface area contributed by atoms with Gasteiger partial charge in [0.25, 0.3) is 0 Å². The van der Waals surface area contributed by atoms with Crippen LogP contribution in [0, 0.1) is 15.9 Å². The summed E-state index contributed by atoms with van der Waals surface area (Å²) < 4.78 is 18.1. The van der Waals surface area contributed by atoms with E-state index in [0.29, 0.717) is 17.1 Å². The first-order valence-electron chi connectivity index (χ1n) is 7.50. The zero-order valence-electron chi connectivity index (χ0n) is 13.6. The Morgan fingerprint density at radius 1 is 0.962 bits per heavy atom. The molecule has 0 fully saturated rings. The number of rotatable bonds is 6. The van der Waals surface area contributed by atoms with Crippen LogP contribution < -0.4 is 15.4 Å². The Kier molecular flexibility index (Phi) is 4.88. The van der Waals surface area contributed by atoms with Crippen molar-refractivity contribution in [3.63, 3.8) is 0 Å². The first-order chi connectivity index (χ1) is 12.6. The second-order valence-electron chi connectivity index (χ2n) is 5.16. The predicted octanol–water partition coefficient (Wildman–Crippen LogP) is 4.02. The van der Waals surface area contributed by atoms with Gasteiger partial charge in [-0.2, -0.15) is 0 Å². The van der Waals surface area contributed by atoms with Gasteiger partial charge in [0.05, 0.1) is 12.0 Å². The molecule has 0 atom stereocenters. The number of aromatic nitrogens is 2. The molecule has 0 amide bonds. The third kappa shape index (κ3) is 3.83. The summed E-state index contributed by atoms with van der Waals surface area (Å²) in [5.41, 5.74) is 0.733. The number of ether oxygens (including phenoxy) is 1. The quantitative estimate of drug-likeness (QED) is 0.508. The molecule has 26 heavy (non-hydrogen) atoms. The highest BCUT2D eigenvalue weighted by atomic mass is 19.1. The van der Waals surface area contributed by atoms with Gasteiger partial charge in [0.1, 0.15) is 17.9 Å². The van der Waals surface area contributed by atoms with Crippen molar-refractivity contribution >= 4 is 28.7 Å². The summed E-state index contributed by atoms with van der Waals surface area (Å²) in [6.45, 7) is 0. The SMILES string of the molecule is COc1ccc(Nc2ncnc(Nc3ccc(F)cc3)c2[N+](=O)[O-])cc1. The number of halogens is 1. The van der Waals surface area contributed by atoms with Gasteiger partial charge in [0.15, 0.2) is 0 Å². The minimum Gasteiger partial charge on any atom is -0.497 e. The fourth-order valence-electron chi connectivity index (χ4n) is 2.22. The Hall–Kier alpha value is -3.75. The molecule has 0 aliphatic heterocycles. The minimum atomic E-state index is -0.586. The van der Waals surface area contributed by atoms with Gasteiger partial charge in [0.2, 0.25) is 11.6 Å². The molecule has 0 radical (unpaired) electrons. The molecule has 0 bridgehead atoms. The van der Waals surface area contributed by atoms with Crippen LogP contribution in [0.2, 0.25) is 0 Å². The molecule has 1 aromatic heterocycles. The maximum absolute atomic E-state index is 13.0. The zero-order chi connectivity index (χ0) is 18.5. The van der Waals surface area contributed by atoms with Gasteiger partial charge in [-0.25, -0.2) is 14.4 Å². The van der Waals surface area contributed by atoms with Crippen molar-refractivity contribution in [1.29, 1.82) is 0 Å². The van der Waals surface area contributed by atoms with E-state index in [0.717, 1.165) is 0 Å². The monoisotopic (exact) mass is 355 g/mol. The molecule has 3 aromatic rings. The van der Waals surface area contributed by atoms with Gasteiger partial charge in [-0.1, -0.05) is 0 Å². The first-order valence-corrected chi connectivity index (χ1v) is 7.50. The van der Waals surface area contributed by atoms with E-state index in [1.807, 2.05) is 0 Å². The number of anilines is 4. The van der Waals surface area contributed by atoms with E-state index < -0.39 is 10.7 Å². The topological polar surface area (TPSA) is 102 Å². The second kappa shape index (κ2) is 7.43. The molecule has 132 valence electrons. The van der Waals surface area contributed by atoms with Gasteiger partial charge >= 0.3 is 5.69 Å². The van der Waals surface area contributed by atoms with Crippen LogP contribution in [0.15, 0.2) is 54.9 Å². The average Bonchev–Trinajstić information content (AvgIpc) is 2.64. The summed E-state index contributed by atoms with van der Waals surface area (Å²) in [5.74, 6) is 0.272. The summed E-state index contributed by atoms with van der Waals surface area (Å²) in [6.07, 6.45) is 1.20. The first kappa shape index (κ1) is 17.1. The molecule has 0 aliphatic rings. The summed E-state index contributed by atoms with van der Waals surface area (Å²) in [7, 11) is 1.55. The van der Waals surface area contributed by atoms with Crippen molar-refractivity contribution in [3.05, 3.63) is 70.8 Å². The van der Waals surface area contributed by atoms with Crippen molar-refractivity contribution in [1.82, 2.24) is 9.97 Å². The Morgan fingerprint density at radius 3 is 1.92 bits per heavy atom. The Labute approximate surface area is 147 Å². The highest BCUT2D eigenvalue weighted by molar-refractivity contribution is 5.76. The minimum absolute atomic E-state index is 0.00683. The van der Waals surface area contributed by atoms with Crippen LogP contribution in [0.25, 0.3) is 0 Å². The molecule has 3 rings (SSSR count). The Balaban J connectivity index is 1.92. The van der Waals surface area contributed by atoms with Crippen molar-refractivity contribution < 1.29 is 14.1 Å². The lowest BCUT2D eigenvalue weighted by Crippen LogP contribution is -2.05. The van der Waals surface area contributed by atoms with Crippen molar-refractivity contribution in [3.8, 4) is 5.75 Å². The third-order valence-electron chi connectivity index (χ3n) is 3.46. The molecule has 0 aliphatic carbocycles. The van der Waals surface area contributed by atoms with Crippen LogP contribution in [0.5, 0.6) is 5.75 Å². The lowest BCUT2D eigenvalue weighted by atomic mass is 10.3. The highest BCUT2D eigenvalue weighted by Gasteiger charge is 2.23. The average molecular weight is 355 g/mol. The number of nitrogens with zero attached hydrogens (tertiary/aromatic N) is 3. The normalized spacial score (nSPS) is 10.2. The summed E-state index contributed by atoms with van der Waals surface area (Å²) in [5, 5.41) is 17.2. The second-order valence-corrected chi connectivity index (χ2v) is 5.16. The fraction of sp³-hybridized carbons (Fsp3) is 0.0588. The molecule has 1 heterocycles. The maximum Gasteiger partial charge on any atom is 0.353 e. The van der Waals surface area contributed by atoms with E-state index in [4.69, 9.17) is 4.74 Å². The number of nitro groups is 1. The number of methoxy groups -OCH3 is 1. The van der Waals surface area contributed by atoms with Gasteiger partial charge in [0, 0.05) is 11.4 Å². The Morgan fingerprint density at radius 2 is 1.46 bits per heavy atom. The van der Waals surface area contributed by atoms with E-state index in [-0.39, 0.29) is 17.3 Å². The van der Waals surface area contributed by atoms with E-state index in [2.05, 4.69) is 20.6 Å². The van der Waals surface area contributed by atoms with E-state index in [1.165, 1.54) is 30.6 Å². The van der Waals surface area contributed by atoms with Crippen molar-refractivity contribution in [2.24, 2.45) is 0 Å². The van der Waals surface area contributed by atoms with Gasteiger partial charge in [-0.15, -0.1) is 0 Å². The lowest BCUT2D eigenvalue weighted by molar-refractivity contribution is -0.383. The molecule has 2 N–H and O–H groups in total.